The van der Waals surface area contributed by atoms with Crippen LogP contribution in [-0.2, 0) is 11.3 Å². The van der Waals surface area contributed by atoms with E-state index in [4.69, 9.17) is 35.4 Å². The first-order chi connectivity index (χ1) is 16.9. The van der Waals surface area contributed by atoms with Crippen molar-refractivity contribution >= 4 is 80.3 Å². The predicted molar refractivity (Wildman–Crippen MR) is 146 cm³/mol. The summed E-state index contributed by atoms with van der Waals surface area (Å²) in [7, 11) is 0. The number of nitrogens with zero attached hydrogens (tertiary/aromatic N) is 2. The van der Waals surface area contributed by atoms with Crippen LogP contribution in [-0.4, -0.2) is 25.7 Å². The molecule has 1 saturated heterocycles. The zero-order valence-electron chi connectivity index (χ0n) is 18.1. The minimum Gasteiger partial charge on any atom is -0.342 e. The molecule has 1 N–H and O–H groups in total. The minimum atomic E-state index is -0.403. The SMILES string of the molecule is O=C(NN1C(=O)/C(=C/c2cn(Cc3ccc(Cl)cc3Cl)c3ccccc23)SC1=S)c1ccccc1. The molecule has 0 saturated carbocycles. The first-order valence-electron chi connectivity index (χ1n) is 10.6. The number of benzene rings is 3. The largest absolute Gasteiger partial charge is 0.342 e. The average molecular weight is 538 g/mol. The monoisotopic (exact) mass is 537 g/mol. The van der Waals surface area contributed by atoms with Crippen molar-refractivity contribution in [3.63, 3.8) is 0 Å². The second-order valence-electron chi connectivity index (χ2n) is 7.79. The molecule has 174 valence electrons. The fraction of sp³-hybridized carbons (Fsp3) is 0.0385. The number of rotatable bonds is 5. The van der Waals surface area contributed by atoms with Crippen LogP contribution >= 0.6 is 47.2 Å². The molecule has 2 amide bonds. The van der Waals surface area contributed by atoms with Gasteiger partial charge < -0.3 is 4.57 Å². The van der Waals surface area contributed by atoms with Crippen LogP contribution in [0.2, 0.25) is 10.0 Å². The molecule has 4 aromatic rings. The van der Waals surface area contributed by atoms with E-state index < -0.39 is 5.91 Å². The summed E-state index contributed by atoms with van der Waals surface area (Å²) in [6, 6.07) is 22.0. The first-order valence-corrected chi connectivity index (χ1v) is 12.5. The van der Waals surface area contributed by atoms with E-state index >= 15 is 0 Å². The molecular weight excluding hydrogens is 521 g/mol. The summed E-state index contributed by atoms with van der Waals surface area (Å²) in [5, 5.41) is 3.27. The Bertz CT molecular complexity index is 1520. The number of thiocarbonyl (C=S) groups is 1. The fourth-order valence-corrected chi connectivity index (χ4v) is 5.45. The Balaban J connectivity index is 1.44. The van der Waals surface area contributed by atoms with Gasteiger partial charge >= 0.3 is 0 Å². The summed E-state index contributed by atoms with van der Waals surface area (Å²) >= 11 is 19.0. The van der Waals surface area contributed by atoms with Crippen LogP contribution in [0.1, 0.15) is 21.5 Å². The van der Waals surface area contributed by atoms with Crippen LogP contribution in [0.4, 0.5) is 0 Å². The van der Waals surface area contributed by atoms with Crippen molar-refractivity contribution in [3.05, 3.63) is 111 Å². The van der Waals surface area contributed by atoms with Crippen molar-refractivity contribution in [2.75, 3.05) is 0 Å². The van der Waals surface area contributed by atoms with Crippen LogP contribution in [0.3, 0.4) is 0 Å². The summed E-state index contributed by atoms with van der Waals surface area (Å²) < 4.78 is 2.34. The van der Waals surface area contributed by atoms with Gasteiger partial charge in [0.25, 0.3) is 11.8 Å². The molecule has 35 heavy (non-hydrogen) atoms. The van der Waals surface area contributed by atoms with E-state index in [2.05, 4.69) is 9.99 Å². The number of hydrogen-bond acceptors (Lipinski definition) is 4. The van der Waals surface area contributed by atoms with Crippen molar-refractivity contribution in [3.8, 4) is 0 Å². The van der Waals surface area contributed by atoms with Gasteiger partial charge in [0.05, 0.1) is 4.91 Å². The highest BCUT2D eigenvalue weighted by atomic mass is 35.5. The molecular formula is C26H17Cl2N3O2S2. The molecule has 0 unspecified atom stereocenters. The van der Waals surface area contributed by atoms with Gasteiger partial charge in [-0.25, -0.2) is 0 Å². The molecule has 1 fully saturated rings. The summed E-state index contributed by atoms with van der Waals surface area (Å²) in [5.41, 5.74) is 5.84. The zero-order chi connectivity index (χ0) is 24.5. The van der Waals surface area contributed by atoms with Crippen molar-refractivity contribution in [2.24, 2.45) is 0 Å². The third-order valence-corrected chi connectivity index (χ3v) is 7.39. The smallest absolute Gasteiger partial charge is 0.285 e. The third kappa shape index (κ3) is 4.86. The van der Waals surface area contributed by atoms with Crippen LogP contribution in [0, 0.1) is 0 Å². The number of carbonyl (C=O) groups is 2. The molecule has 0 aliphatic carbocycles. The standard InChI is InChI=1S/C26H17Cl2N3O2S2/c27-19-11-10-17(21(28)13-19)14-30-15-18(20-8-4-5-9-22(20)30)12-23-25(33)31(26(34)35-23)29-24(32)16-6-2-1-3-7-16/h1-13,15H,14H2,(H,29,32)/b23-12-. The van der Waals surface area contributed by atoms with Gasteiger partial charge in [0.2, 0.25) is 0 Å². The molecule has 0 bridgehead atoms. The molecule has 1 aliphatic heterocycles. The number of thioether (sulfide) groups is 1. The van der Waals surface area contributed by atoms with Crippen molar-refractivity contribution in [2.45, 2.75) is 6.54 Å². The van der Waals surface area contributed by atoms with Gasteiger partial charge in [-0.1, -0.05) is 77.4 Å². The molecule has 2 heterocycles. The van der Waals surface area contributed by atoms with Crippen LogP contribution in [0.5, 0.6) is 0 Å². The summed E-state index contributed by atoms with van der Waals surface area (Å²) in [5.74, 6) is -0.776. The lowest BCUT2D eigenvalue weighted by Gasteiger charge is -2.15. The van der Waals surface area contributed by atoms with E-state index in [0.29, 0.717) is 27.1 Å². The molecule has 0 radical (unpaired) electrons. The second kappa shape index (κ2) is 9.87. The van der Waals surface area contributed by atoms with E-state index in [0.717, 1.165) is 38.8 Å². The van der Waals surface area contributed by atoms with Crippen LogP contribution < -0.4 is 5.43 Å². The van der Waals surface area contributed by atoms with E-state index in [1.54, 1.807) is 36.4 Å². The van der Waals surface area contributed by atoms with E-state index in [1.807, 2.05) is 48.7 Å². The lowest BCUT2D eigenvalue weighted by molar-refractivity contribution is -0.123. The Hall–Kier alpha value is -3.10. The van der Waals surface area contributed by atoms with E-state index in [-0.39, 0.29) is 10.2 Å². The Morgan fingerprint density at radius 3 is 2.54 bits per heavy atom. The molecule has 5 nitrogen and oxygen atoms in total. The summed E-state index contributed by atoms with van der Waals surface area (Å²) in [6.07, 6.45) is 3.78. The Kier molecular flexibility index (Phi) is 6.67. The van der Waals surface area contributed by atoms with Crippen molar-refractivity contribution in [1.82, 2.24) is 15.0 Å². The maximum atomic E-state index is 13.1. The second-order valence-corrected chi connectivity index (χ2v) is 10.3. The number of halogens is 2. The minimum absolute atomic E-state index is 0.266. The van der Waals surface area contributed by atoms with Crippen LogP contribution in [0.15, 0.2) is 83.9 Å². The van der Waals surface area contributed by atoms with Gasteiger partial charge in [-0.2, -0.15) is 5.01 Å². The number of fused-ring (bicyclic) bond motifs is 1. The highest BCUT2D eigenvalue weighted by molar-refractivity contribution is 8.26. The van der Waals surface area contributed by atoms with E-state index in [9.17, 15) is 9.59 Å². The van der Waals surface area contributed by atoms with Gasteiger partial charge in [-0.15, -0.1) is 0 Å². The number of carbonyl (C=O) groups excluding carboxylic acids is 2. The molecule has 5 rings (SSSR count). The number of amides is 2. The van der Waals surface area contributed by atoms with Gasteiger partial charge in [0.1, 0.15) is 0 Å². The Morgan fingerprint density at radius 2 is 1.77 bits per heavy atom. The van der Waals surface area contributed by atoms with Gasteiger partial charge in [0, 0.05) is 44.8 Å². The van der Waals surface area contributed by atoms with Gasteiger partial charge in [-0.05, 0) is 54.2 Å². The number of hydrogen-bond donors (Lipinski definition) is 1. The van der Waals surface area contributed by atoms with Gasteiger partial charge in [-0.3, -0.25) is 15.0 Å². The van der Waals surface area contributed by atoms with Crippen molar-refractivity contribution < 1.29 is 9.59 Å². The zero-order valence-corrected chi connectivity index (χ0v) is 21.2. The summed E-state index contributed by atoms with van der Waals surface area (Å²) in [4.78, 5) is 26.1. The molecule has 0 spiro atoms. The molecule has 1 aromatic heterocycles. The third-order valence-electron chi connectivity index (χ3n) is 5.50. The molecule has 3 aromatic carbocycles. The topological polar surface area (TPSA) is 54.3 Å². The summed E-state index contributed by atoms with van der Waals surface area (Å²) in [6.45, 7) is 0.540. The number of hydrazine groups is 1. The maximum absolute atomic E-state index is 13.1. The lowest BCUT2D eigenvalue weighted by Crippen LogP contribution is -2.44. The predicted octanol–water partition coefficient (Wildman–Crippen LogP) is 6.54. The fourth-order valence-electron chi connectivity index (χ4n) is 3.82. The molecule has 0 atom stereocenters. The quantitative estimate of drug-likeness (QED) is 0.232. The Labute approximate surface area is 221 Å². The number of para-hydroxylation sites is 1. The highest BCUT2D eigenvalue weighted by Crippen LogP contribution is 2.34. The molecule has 1 aliphatic rings. The van der Waals surface area contributed by atoms with Crippen molar-refractivity contribution in [1.29, 1.82) is 0 Å². The highest BCUT2D eigenvalue weighted by Gasteiger charge is 2.34. The average Bonchev–Trinajstić information content (AvgIpc) is 3.33. The lowest BCUT2D eigenvalue weighted by atomic mass is 10.1. The van der Waals surface area contributed by atoms with E-state index in [1.165, 1.54) is 0 Å². The Morgan fingerprint density at radius 1 is 1.03 bits per heavy atom. The maximum Gasteiger partial charge on any atom is 0.285 e. The number of nitrogens with one attached hydrogen (secondary N) is 1. The molecule has 9 heteroatoms. The van der Waals surface area contributed by atoms with Gasteiger partial charge in [0.15, 0.2) is 4.32 Å². The normalized spacial score (nSPS) is 14.8. The number of aromatic nitrogens is 1. The first kappa shape index (κ1) is 23.6. The van der Waals surface area contributed by atoms with Crippen LogP contribution in [0.25, 0.3) is 17.0 Å².